The quantitative estimate of drug-likeness (QED) is 0.540. The highest BCUT2D eigenvalue weighted by atomic mass is 19.2. The number of halogens is 2. The van der Waals surface area contributed by atoms with Gasteiger partial charge in [0, 0.05) is 18.0 Å². The van der Waals surface area contributed by atoms with Crippen molar-refractivity contribution in [3.63, 3.8) is 0 Å². The number of hydrogen-bond acceptors (Lipinski definition) is 4. The molecular formula is C18H12F2N2O2. The molecule has 0 saturated heterocycles. The molecule has 0 N–H and O–H groups in total. The summed E-state index contributed by atoms with van der Waals surface area (Å²) in [7, 11) is 0. The van der Waals surface area contributed by atoms with Crippen LogP contribution in [0.1, 0.15) is 15.9 Å². The maximum atomic E-state index is 13.2. The number of hydrogen-bond donors (Lipinski definition) is 0. The minimum Gasteiger partial charge on any atom is -0.423 e. The van der Waals surface area contributed by atoms with Gasteiger partial charge in [0.25, 0.3) is 0 Å². The smallest absolute Gasteiger partial charge is 0.343 e. The summed E-state index contributed by atoms with van der Waals surface area (Å²) in [6.45, 7) is 1.89. The van der Waals surface area contributed by atoms with Crippen LogP contribution in [-0.2, 0) is 0 Å². The molecule has 6 heteroatoms. The van der Waals surface area contributed by atoms with Crippen molar-refractivity contribution in [1.29, 1.82) is 0 Å². The lowest BCUT2D eigenvalue weighted by molar-refractivity contribution is 0.0734. The van der Waals surface area contributed by atoms with Crippen LogP contribution in [0.4, 0.5) is 8.78 Å². The van der Waals surface area contributed by atoms with E-state index in [0.29, 0.717) is 5.82 Å². The maximum absolute atomic E-state index is 13.2. The van der Waals surface area contributed by atoms with Crippen LogP contribution in [0.5, 0.6) is 5.75 Å². The van der Waals surface area contributed by atoms with E-state index in [1.54, 1.807) is 36.7 Å². The fraction of sp³-hybridized carbons (Fsp3) is 0.0556. The third-order valence-electron chi connectivity index (χ3n) is 3.26. The normalized spacial score (nSPS) is 10.5. The van der Waals surface area contributed by atoms with Crippen LogP contribution in [0.3, 0.4) is 0 Å². The number of carbonyl (C=O) groups excluding carboxylic acids is 1. The van der Waals surface area contributed by atoms with Crippen LogP contribution in [-0.4, -0.2) is 15.9 Å². The summed E-state index contributed by atoms with van der Waals surface area (Å²) in [5.74, 6) is -2.06. The summed E-state index contributed by atoms with van der Waals surface area (Å²) >= 11 is 0. The number of aromatic nitrogens is 2. The van der Waals surface area contributed by atoms with Crippen molar-refractivity contribution in [2.75, 3.05) is 0 Å². The second-order valence-corrected chi connectivity index (χ2v) is 5.13. The Morgan fingerprint density at radius 2 is 1.62 bits per heavy atom. The average molecular weight is 326 g/mol. The van der Waals surface area contributed by atoms with Crippen molar-refractivity contribution >= 4 is 5.97 Å². The molecule has 24 heavy (non-hydrogen) atoms. The van der Waals surface area contributed by atoms with E-state index in [-0.39, 0.29) is 11.3 Å². The lowest BCUT2D eigenvalue weighted by atomic mass is 10.2. The summed E-state index contributed by atoms with van der Waals surface area (Å²) in [6.07, 6.45) is 3.42. The summed E-state index contributed by atoms with van der Waals surface area (Å²) in [5, 5.41) is 0. The van der Waals surface area contributed by atoms with Crippen molar-refractivity contribution in [1.82, 2.24) is 9.97 Å². The molecule has 0 saturated carbocycles. The van der Waals surface area contributed by atoms with Crippen molar-refractivity contribution in [2.45, 2.75) is 6.92 Å². The van der Waals surface area contributed by atoms with Crippen LogP contribution in [0.15, 0.2) is 54.9 Å². The standard InChI is InChI=1S/C18H12F2N2O2/c1-11-9-21-17(22-10-11)12-2-5-14(6-3-12)24-18(23)13-4-7-15(19)16(20)8-13/h2-10H,1H3. The Balaban J connectivity index is 1.75. The van der Waals surface area contributed by atoms with E-state index < -0.39 is 17.6 Å². The molecule has 3 aromatic rings. The zero-order chi connectivity index (χ0) is 17.1. The molecule has 2 aromatic carbocycles. The molecular weight excluding hydrogens is 314 g/mol. The maximum Gasteiger partial charge on any atom is 0.343 e. The van der Waals surface area contributed by atoms with Gasteiger partial charge in [0.15, 0.2) is 17.5 Å². The number of nitrogens with zero attached hydrogens (tertiary/aromatic N) is 2. The average Bonchev–Trinajstić information content (AvgIpc) is 2.59. The molecule has 0 atom stereocenters. The van der Waals surface area contributed by atoms with Crippen LogP contribution in [0.2, 0.25) is 0 Å². The highest BCUT2D eigenvalue weighted by Crippen LogP contribution is 2.20. The van der Waals surface area contributed by atoms with Gasteiger partial charge in [-0.1, -0.05) is 0 Å². The number of carbonyl (C=O) groups is 1. The Morgan fingerprint density at radius 1 is 0.958 bits per heavy atom. The van der Waals surface area contributed by atoms with Gasteiger partial charge in [0.05, 0.1) is 5.56 Å². The minimum absolute atomic E-state index is 0.0696. The molecule has 0 aliphatic carbocycles. The van der Waals surface area contributed by atoms with Crippen molar-refractivity contribution in [3.05, 3.63) is 77.6 Å². The van der Waals surface area contributed by atoms with E-state index in [9.17, 15) is 13.6 Å². The number of rotatable bonds is 3. The SMILES string of the molecule is Cc1cnc(-c2ccc(OC(=O)c3ccc(F)c(F)c3)cc2)nc1. The van der Waals surface area contributed by atoms with Gasteiger partial charge in [0.1, 0.15) is 5.75 Å². The van der Waals surface area contributed by atoms with Gasteiger partial charge in [-0.15, -0.1) is 0 Å². The molecule has 0 bridgehead atoms. The lowest BCUT2D eigenvalue weighted by Crippen LogP contribution is -2.09. The fourth-order valence-electron chi connectivity index (χ4n) is 2.00. The highest BCUT2D eigenvalue weighted by Gasteiger charge is 2.12. The monoisotopic (exact) mass is 326 g/mol. The number of benzene rings is 2. The van der Waals surface area contributed by atoms with Crippen molar-refractivity contribution < 1.29 is 18.3 Å². The van der Waals surface area contributed by atoms with E-state index in [1.165, 1.54) is 0 Å². The first-order chi connectivity index (χ1) is 11.5. The first-order valence-electron chi connectivity index (χ1n) is 7.09. The molecule has 0 unspecified atom stereocenters. The Hall–Kier alpha value is -3.15. The molecule has 0 aliphatic heterocycles. The fourth-order valence-corrected chi connectivity index (χ4v) is 2.00. The lowest BCUT2D eigenvalue weighted by Gasteiger charge is -2.06. The molecule has 120 valence electrons. The largest absolute Gasteiger partial charge is 0.423 e. The van der Waals surface area contributed by atoms with E-state index in [4.69, 9.17) is 4.74 Å². The molecule has 0 amide bonds. The third kappa shape index (κ3) is 3.43. The molecule has 0 spiro atoms. The molecule has 0 aliphatic rings. The van der Waals surface area contributed by atoms with Gasteiger partial charge in [-0.05, 0) is 55.0 Å². The van der Waals surface area contributed by atoms with Gasteiger partial charge in [-0.25, -0.2) is 23.5 Å². The van der Waals surface area contributed by atoms with Gasteiger partial charge in [-0.2, -0.15) is 0 Å². The number of ether oxygens (including phenoxy) is 1. The van der Waals surface area contributed by atoms with Gasteiger partial charge >= 0.3 is 5.97 Å². The molecule has 1 aromatic heterocycles. The highest BCUT2D eigenvalue weighted by molar-refractivity contribution is 5.91. The van der Waals surface area contributed by atoms with Gasteiger partial charge < -0.3 is 4.74 Å². The van der Waals surface area contributed by atoms with E-state index in [0.717, 1.165) is 29.3 Å². The van der Waals surface area contributed by atoms with E-state index in [1.807, 2.05) is 6.92 Å². The van der Waals surface area contributed by atoms with Gasteiger partial charge in [-0.3, -0.25) is 0 Å². The van der Waals surface area contributed by atoms with Crippen LogP contribution in [0, 0.1) is 18.6 Å². The van der Waals surface area contributed by atoms with Crippen molar-refractivity contribution in [3.8, 4) is 17.1 Å². The molecule has 4 nitrogen and oxygen atoms in total. The summed E-state index contributed by atoms with van der Waals surface area (Å²) in [5.41, 5.74) is 1.65. The van der Waals surface area contributed by atoms with Crippen LogP contribution in [0.25, 0.3) is 11.4 Å². The number of esters is 1. The van der Waals surface area contributed by atoms with Crippen LogP contribution >= 0.6 is 0 Å². The van der Waals surface area contributed by atoms with E-state index in [2.05, 4.69) is 9.97 Å². The Morgan fingerprint density at radius 3 is 2.25 bits per heavy atom. The summed E-state index contributed by atoms with van der Waals surface area (Å²) in [4.78, 5) is 20.4. The second kappa shape index (κ2) is 6.54. The molecule has 1 heterocycles. The van der Waals surface area contributed by atoms with Crippen molar-refractivity contribution in [2.24, 2.45) is 0 Å². The molecule has 3 rings (SSSR count). The predicted octanol–water partition coefficient (Wildman–Crippen LogP) is 3.95. The Kier molecular flexibility index (Phi) is 4.29. The first-order valence-corrected chi connectivity index (χ1v) is 7.09. The third-order valence-corrected chi connectivity index (χ3v) is 3.26. The summed E-state index contributed by atoms with van der Waals surface area (Å²) in [6, 6.07) is 9.41. The summed E-state index contributed by atoms with van der Waals surface area (Å²) < 4.78 is 31.2. The Labute approximate surface area is 136 Å². The minimum atomic E-state index is -1.10. The topological polar surface area (TPSA) is 52.1 Å². The van der Waals surface area contributed by atoms with Crippen LogP contribution < -0.4 is 4.74 Å². The molecule has 0 fully saturated rings. The zero-order valence-electron chi connectivity index (χ0n) is 12.7. The zero-order valence-corrected chi connectivity index (χ0v) is 12.7. The molecule has 0 radical (unpaired) electrons. The first kappa shape index (κ1) is 15.7. The van der Waals surface area contributed by atoms with E-state index >= 15 is 0 Å². The van der Waals surface area contributed by atoms with Gasteiger partial charge in [0.2, 0.25) is 0 Å². The Bertz CT molecular complexity index is 879. The second-order valence-electron chi connectivity index (χ2n) is 5.13. The number of aryl methyl sites for hydroxylation is 1. The predicted molar refractivity (Wildman–Crippen MR) is 83.5 cm³/mol.